The molecule has 0 saturated carbocycles. The molecule has 11 rings (SSSR count). The number of allylic oxidation sites excluding steroid dienone is 1. The molecule has 0 atom stereocenters. The van der Waals surface area contributed by atoms with Crippen LogP contribution in [0.2, 0.25) is 0 Å². The average Bonchev–Trinajstić information content (AvgIpc) is 3.52. The first kappa shape index (κ1) is 32.0. The van der Waals surface area contributed by atoms with E-state index in [1.54, 1.807) is 0 Å². The molecule has 1 aliphatic rings. The zero-order chi connectivity index (χ0) is 37.0. The van der Waals surface area contributed by atoms with Gasteiger partial charge in [-0.15, -0.1) is 0 Å². The minimum absolute atomic E-state index is 0.640. The van der Waals surface area contributed by atoms with Crippen LogP contribution in [0.3, 0.4) is 0 Å². The van der Waals surface area contributed by atoms with E-state index in [0.717, 1.165) is 44.8 Å². The highest BCUT2D eigenvalue weighted by Gasteiger charge is 2.22. The van der Waals surface area contributed by atoms with Crippen molar-refractivity contribution in [2.45, 2.75) is 6.42 Å². The summed E-state index contributed by atoms with van der Waals surface area (Å²) in [5.74, 6) is 8.30. The first-order valence-electron chi connectivity index (χ1n) is 19.2. The topological polar surface area (TPSA) is 17.8 Å². The number of benzene rings is 9. The summed E-state index contributed by atoms with van der Waals surface area (Å²) in [6, 6.07) is 67.5. The normalized spacial score (nSPS) is 12.3. The molecule has 1 aliphatic carbocycles. The number of hydrogen-bond acceptors (Lipinski definition) is 1. The lowest BCUT2D eigenvalue weighted by Crippen LogP contribution is -1.98. The molecule has 0 aliphatic heterocycles. The Hall–Kier alpha value is -7.47. The van der Waals surface area contributed by atoms with Gasteiger partial charge in [0, 0.05) is 28.8 Å². The summed E-state index contributed by atoms with van der Waals surface area (Å²) in [5.41, 5.74) is 13.6. The number of nitrogens with zero attached hydrogens (tertiary/aromatic N) is 2. The van der Waals surface area contributed by atoms with Crippen LogP contribution < -0.4 is 0 Å². The lowest BCUT2D eigenvalue weighted by molar-refractivity contribution is 1.10. The van der Waals surface area contributed by atoms with Crippen LogP contribution in [0, 0.1) is 11.8 Å². The molecule has 0 radical (unpaired) electrons. The Morgan fingerprint density at radius 2 is 1.02 bits per heavy atom. The van der Waals surface area contributed by atoms with E-state index in [1.807, 2.05) is 0 Å². The van der Waals surface area contributed by atoms with Gasteiger partial charge < -0.3 is 0 Å². The summed E-state index contributed by atoms with van der Waals surface area (Å²) in [6.07, 6.45) is 3.04. The molecular formula is C54H34N2. The van der Waals surface area contributed by atoms with Crippen LogP contribution >= 0.6 is 0 Å². The highest BCUT2D eigenvalue weighted by Crippen LogP contribution is 2.45. The van der Waals surface area contributed by atoms with Crippen molar-refractivity contribution in [2.75, 3.05) is 0 Å². The molecule has 0 saturated heterocycles. The van der Waals surface area contributed by atoms with Gasteiger partial charge in [0.1, 0.15) is 5.82 Å². The molecule has 1 aromatic heterocycles. The average molecular weight is 711 g/mol. The van der Waals surface area contributed by atoms with Crippen LogP contribution in [0.25, 0.3) is 94.3 Å². The fourth-order valence-corrected chi connectivity index (χ4v) is 8.56. The number of rotatable bonds is 5. The molecule has 0 unspecified atom stereocenters. The largest absolute Gasteiger partial charge is 0.292 e. The molecule has 0 fully saturated rings. The molecule has 2 nitrogen and oxygen atoms in total. The molecule has 9 aromatic carbocycles. The lowest BCUT2D eigenvalue weighted by Gasteiger charge is -2.20. The van der Waals surface area contributed by atoms with E-state index in [9.17, 15) is 0 Å². The SMILES string of the molecule is C1#Cc2c(c(-c3ccc4ccccc4c3)c3ccccc3c2-c2ccc3ccccc3c2)C=C(c2ccc(-c3nc4ccccc4n3-c3ccccc3)cc2)C1. The van der Waals surface area contributed by atoms with Gasteiger partial charge in [0.25, 0.3) is 0 Å². The van der Waals surface area contributed by atoms with E-state index < -0.39 is 0 Å². The van der Waals surface area contributed by atoms with Crippen molar-refractivity contribution in [1.29, 1.82) is 0 Å². The van der Waals surface area contributed by atoms with Crippen molar-refractivity contribution in [2.24, 2.45) is 0 Å². The van der Waals surface area contributed by atoms with E-state index in [0.29, 0.717) is 6.42 Å². The predicted octanol–water partition coefficient (Wildman–Crippen LogP) is 13.8. The van der Waals surface area contributed by atoms with Crippen molar-refractivity contribution >= 4 is 55.0 Å². The van der Waals surface area contributed by atoms with E-state index in [4.69, 9.17) is 4.98 Å². The maximum Gasteiger partial charge on any atom is 0.145 e. The van der Waals surface area contributed by atoms with E-state index in [2.05, 4.69) is 211 Å². The van der Waals surface area contributed by atoms with E-state index in [1.165, 1.54) is 60.1 Å². The molecule has 0 spiro atoms. The van der Waals surface area contributed by atoms with Crippen molar-refractivity contribution in [3.05, 3.63) is 205 Å². The first-order valence-corrected chi connectivity index (χ1v) is 19.2. The van der Waals surface area contributed by atoms with Gasteiger partial charge in [-0.2, -0.15) is 0 Å². The van der Waals surface area contributed by atoms with Gasteiger partial charge in [0.15, 0.2) is 0 Å². The Bertz CT molecular complexity index is 3260. The Labute approximate surface area is 325 Å². The van der Waals surface area contributed by atoms with Crippen molar-refractivity contribution in [3.8, 4) is 51.2 Å². The molecular weight excluding hydrogens is 677 g/mol. The van der Waals surface area contributed by atoms with Crippen molar-refractivity contribution < 1.29 is 0 Å². The van der Waals surface area contributed by atoms with Gasteiger partial charge in [-0.05, 0) is 108 Å². The third-order valence-electron chi connectivity index (χ3n) is 11.2. The monoisotopic (exact) mass is 710 g/mol. The van der Waals surface area contributed by atoms with Crippen LogP contribution in [0.1, 0.15) is 23.1 Å². The van der Waals surface area contributed by atoms with Gasteiger partial charge in [-0.1, -0.05) is 164 Å². The fourth-order valence-electron chi connectivity index (χ4n) is 8.56. The van der Waals surface area contributed by atoms with Crippen LogP contribution in [-0.4, -0.2) is 9.55 Å². The molecule has 0 amide bonds. The molecule has 260 valence electrons. The molecule has 10 aromatic rings. The minimum atomic E-state index is 0.640. The summed E-state index contributed by atoms with van der Waals surface area (Å²) < 4.78 is 2.26. The predicted molar refractivity (Wildman–Crippen MR) is 236 cm³/mol. The fraction of sp³-hybridized carbons (Fsp3) is 0.0185. The molecule has 2 heteroatoms. The summed E-state index contributed by atoms with van der Waals surface area (Å²) in [5, 5.41) is 7.34. The standard InChI is InChI=1S/C54H34N2/c1-2-18-45(19-3-1)56-51-24-11-10-23-50(51)55-54(56)39-29-25-38(26-30-39)42-17-12-22-48-49(35-42)53(44-32-28-37-14-5-7-16-41(37)34-44)47-21-9-8-20-46(47)52(48)43-31-27-36-13-4-6-15-40(36)33-43/h1-11,13-16,18-21,23-35H,17H2. The third-order valence-corrected chi connectivity index (χ3v) is 11.2. The number of hydrogen-bond donors (Lipinski definition) is 0. The van der Waals surface area contributed by atoms with E-state index in [-0.39, 0.29) is 0 Å². The number of fused-ring (bicyclic) bond motifs is 5. The Kier molecular flexibility index (Phi) is 7.50. The molecule has 56 heavy (non-hydrogen) atoms. The Balaban J connectivity index is 1.12. The van der Waals surface area contributed by atoms with Gasteiger partial charge in [0.2, 0.25) is 0 Å². The van der Waals surface area contributed by atoms with Crippen molar-refractivity contribution in [3.63, 3.8) is 0 Å². The second-order valence-electron chi connectivity index (χ2n) is 14.5. The first-order chi connectivity index (χ1) is 27.8. The van der Waals surface area contributed by atoms with Gasteiger partial charge in [-0.25, -0.2) is 4.98 Å². The summed E-state index contributed by atoms with van der Waals surface area (Å²) >= 11 is 0. The number of aromatic nitrogens is 2. The van der Waals surface area contributed by atoms with Crippen LogP contribution in [0.15, 0.2) is 188 Å². The second-order valence-corrected chi connectivity index (χ2v) is 14.5. The maximum absolute atomic E-state index is 5.13. The number of para-hydroxylation sites is 3. The van der Waals surface area contributed by atoms with Gasteiger partial charge in [0.05, 0.1) is 11.0 Å². The molecule has 0 bridgehead atoms. The minimum Gasteiger partial charge on any atom is -0.292 e. The zero-order valence-corrected chi connectivity index (χ0v) is 30.6. The van der Waals surface area contributed by atoms with Crippen molar-refractivity contribution in [1.82, 2.24) is 9.55 Å². The lowest BCUT2D eigenvalue weighted by atomic mass is 9.82. The Morgan fingerprint density at radius 3 is 1.73 bits per heavy atom. The molecule has 1 heterocycles. The quantitative estimate of drug-likeness (QED) is 0.163. The van der Waals surface area contributed by atoms with E-state index >= 15 is 0 Å². The van der Waals surface area contributed by atoms with Crippen LogP contribution in [0.5, 0.6) is 0 Å². The molecule has 0 N–H and O–H groups in total. The highest BCUT2D eigenvalue weighted by molar-refractivity contribution is 6.13. The van der Waals surface area contributed by atoms with Gasteiger partial charge >= 0.3 is 0 Å². The second kappa shape index (κ2) is 13.1. The summed E-state index contributed by atoms with van der Waals surface area (Å²) in [7, 11) is 0. The highest BCUT2D eigenvalue weighted by atomic mass is 15.1. The zero-order valence-electron chi connectivity index (χ0n) is 30.6. The van der Waals surface area contributed by atoms with Crippen LogP contribution in [0.4, 0.5) is 0 Å². The smallest absolute Gasteiger partial charge is 0.145 e. The summed E-state index contributed by atoms with van der Waals surface area (Å²) in [4.78, 5) is 5.13. The van der Waals surface area contributed by atoms with Crippen LogP contribution in [-0.2, 0) is 0 Å². The van der Waals surface area contributed by atoms with Gasteiger partial charge in [-0.3, -0.25) is 4.57 Å². The maximum atomic E-state index is 5.13. The Morgan fingerprint density at radius 1 is 0.464 bits per heavy atom. The number of imidazole rings is 1. The summed E-state index contributed by atoms with van der Waals surface area (Å²) in [6.45, 7) is 0. The third kappa shape index (κ3) is 5.33.